The number of hydrogen-bond acceptors (Lipinski definition) is 42. The molecule has 42 heteroatoms. The van der Waals surface area contributed by atoms with Crippen LogP contribution in [-0.2, 0) is 61.6 Å². The molecule has 492 valence electrons. The summed E-state index contributed by atoms with van der Waals surface area (Å²) in [5.74, 6) is -40.8. The molecule has 7 saturated heterocycles. The number of aliphatic hydroxyl groups excluding tert-OH is 22. The summed E-state index contributed by atoms with van der Waals surface area (Å²) in [6, 6.07) is 0. The highest BCUT2D eigenvalue weighted by atomic mass is 16.9. The Morgan fingerprint density at radius 3 is 0.750 bits per heavy atom. The van der Waals surface area contributed by atoms with Crippen LogP contribution in [0.2, 0.25) is 0 Å². The summed E-state index contributed by atoms with van der Waals surface area (Å²) >= 11 is 0. The Morgan fingerprint density at radius 1 is 0.262 bits per heavy atom. The molecule has 0 spiro atoms. The van der Waals surface area contributed by atoms with Crippen LogP contribution < -0.4 is 0 Å². The Hall–Kier alpha value is -1.68. The van der Waals surface area contributed by atoms with Crippen molar-refractivity contribution in [3.63, 3.8) is 0 Å². The van der Waals surface area contributed by atoms with Crippen LogP contribution in [0.25, 0.3) is 0 Å². The fourth-order valence-electron chi connectivity index (χ4n) is 10.2. The van der Waals surface area contributed by atoms with E-state index in [1.165, 1.54) is 0 Å². The molecule has 0 aliphatic carbocycles. The summed E-state index contributed by atoms with van der Waals surface area (Å²) in [4.78, 5) is 0. The fourth-order valence-corrected chi connectivity index (χ4v) is 10.2. The predicted molar refractivity (Wildman–Crippen MR) is 239 cm³/mol. The average molecular weight is 1250 g/mol. The van der Waals surface area contributed by atoms with Gasteiger partial charge in [0.2, 0.25) is 69.4 Å². The van der Waals surface area contributed by atoms with E-state index in [1.54, 1.807) is 0 Å². The smallest absolute Gasteiger partial charge is 0.224 e. The van der Waals surface area contributed by atoms with Gasteiger partial charge in [-0.15, -0.1) is 0 Å². The van der Waals surface area contributed by atoms with Crippen LogP contribution in [0.15, 0.2) is 0 Å². The monoisotopic (exact) mass is 1250 g/mol. The highest BCUT2D eigenvalue weighted by Gasteiger charge is 2.73. The van der Waals surface area contributed by atoms with E-state index in [4.69, 9.17) is 61.6 Å². The molecule has 7 aliphatic rings. The Morgan fingerprint density at radius 2 is 0.500 bits per heavy atom. The lowest BCUT2D eigenvalue weighted by Gasteiger charge is -2.43. The Bertz CT molecular complexity index is 2230. The molecule has 0 aromatic rings. The van der Waals surface area contributed by atoms with Crippen LogP contribution in [0, 0.1) is 0 Å². The van der Waals surface area contributed by atoms with E-state index < -0.39 is 259 Å². The van der Waals surface area contributed by atoms with Crippen molar-refractivity contribution in [2.45, 2.75) is 173 Å². The Kier molecular flexibility index (Phi) is 20.1. The van der Waals surface area contributed by atoms with Crippen molar-refractivity contribution in [2.24, 2.45) is 0 Å². The highest BCUT2D eigenvalue weighted by molar-refractivity contribution is 5.09. The van der Waals surface area contributed by atoms with Gasteiger partial charge in [-0.2, -0.15) is 0 Å². The van der Waals surface area contributed by atoms with Gasteiger partial charge in [-0.05, 0) is 0 Å². The molecule has 0 unspecified atom stereocenters. The van der Waals surface area contributed by atoms with Gasteiger partial charge in [0, 0.05) is 0 Å². The maximum atomic E-state index is 11.7. The molecule has 84 heavy (non-hydrogen) atoms. The van der Waals surface area contributed by atoms with E-state index >= 15 is 0 Å². The molecule has 7 rings (SSSR count). The second-order valence-corrected chi connectivity index (χ2v) is 21.3. The van der Waals surface area contributed by atoms with E-state index in [0.717, 1.165) is 0 Å². The predicted octanol–water partition coefficient (Wildman–Crippen LogP) is -20.3. The van der Waals surface area contributed by atoms with Crippen molar-refractivity contribution in [1.29, 1.82) is 0 Å². The molecular weight excluding hydrogens is 1180 g/mol. The maximum Gasteiger partial charge on any atom is 0.224 e. The molecule has 7 heterocycles. The lowest BCUT2D eigenvalue weighted by Crippen LogP contribution is -2.62. The second-order valence-electron chi connectivity index (χ2n) is 21.3. The molecular formula is C42H72O42. The van der Waals surface area contributed by atoms with Crippen LogP contribution in [0.4, 0.5) is 0 Å². The van der Waals surface area contributed by atoms with E-state index in [1.807, 2.05) is 0 Å². The van der Waals surface area contributed by atoms with E-state index in [0.29, 0.717) is 0 Å². The van der Waals surface area contributed by atoms with Crippen molar-refractivity contribution >= 4 is 0 Å². The van der Waals surface area contributed by atoms with Gasteiger partial charge in [-0.25, -0.2) is 0 Å². The molecule has 29 atom stereocenters. The van der Waals surface area contributed by atoms with Gasteiger partial charge in [0.25, 0.3) is 0 Å². The standard InChI is InChI=1S/C42H72O42/c43-1-14-15(50)16(51)17(52)30(78-14)72-9-38(25(60)20(55)32(66,3-45)80-38)74-11-40(27(62)22(57)34(68,5-47)82-40)76-13-42(29(64)24(59)36(70,7-49)84-42)77-12-41(28(63)23(58)35(69,6-48)83-41)75-10-39(26(61)21(56)33(67,4-46)81-39)73-8-37(71)19(54)18(53)31(65,2-44)79-37/h14-30,43-71H,1-13H2/t14-,15-,16+,17-,18+,19+,20+,21+,22+,23+,24+,25+,26+,27+,28+,29+,30+,31-,32-,33-,34-,35-,36-,37-,38-,39-,40-,41-,42-/m1/s1. The van der Waals surface area contributed by atoms with Crippen LogP contribution in [0.3, 0.4) is 0 Å². The molecule has 0 radical (unpaired) electrons. The van der Waals surface area contributed by atoms with Gasteiger partial charge < -0.3 is 210 Å². The molecule has 42 nitrogen and oxygen atoms in total. The Labute approximate surface area is 468 Å². The number of rotatable bonds is 25. The molecule has 0 saturated carbocycles. The summed E-state index contributed by atoms with van der Waals surface area (Å²) in [6.07, 6.45) is -43.4. The lowest BCUT2D eigenvalue weighted by atomic mass is 9.99. The lowest BCUT2D eigenvalue weighted by molar-refractivity contribution is -0.423. The van der Waals surface area contributed by atoms with Crippen molar-refractivity contribution in [3.8, 4) is 0 Å². The number of ether oxygens (including phenoxy) is 13. The van der Waals surface area contributed by atoms with Gasteiger partial charge >= 0.3 is 0 Å². The minimum Gasteiger partial charge on any atom is -0.394 e. The largest absolute Gasteiger partial charge is 0.394 e. The van der Waals surface area contributed by atoms with Crippen molar-refractivity contribution in [3.05, 3.63) is 0 Å². The SMILES string of the molecule is OC[C@H]1O[C@H](OC[C@@]2(OC[C@@]3(OC[C@@]4(OC[C@@]5(OC[C@@]6(OC[C@@]7(O)O[C@](O)(CO)[C@@H](O)[C@@H]7O)O[C@](O)(CO)[C@@H](O)[C@@H]6O)O[C@](O)(CO)[C@@H](O)[C@@H]5O)O[C@](O)(CO)[C@@H](O)[C@@H]4O)O[C@](O)(CO)[C@@H](O)[C@@H]3O)O[C@](O)(CO)[C@@H](O)[C@@H]2O)[C@H](O)[C@@H](O)[C@@H]1O. The average Bonchev–Trinajstić information content (AvgIpc) is 2.12. The van der Waals surface area contributed by atoms with E-state index in [9.17, 15) is 148 Å². The molecule has 7 fully saturated rings. The summed E-state index contributed by atoms with van der Waals surface area (Å²) < 4.78 is 70.5. The minimum atomic E-state index is -3.59. The third kappa shape index (κ3) is 11.3. The minimum absolute atomic E-state index is 1.02. The van der Waals surface area contributed by atoms with Gasteiger partial charge in [-0.1, -0.05) is 0 Å². The highest BCUT2D eigenvalue weighted by Crippen LogP contribution is 2.49. The van der Waals surface area contributed by atoms with E-state index in [2.05, 4.69) is 0 Å². The second kappa shape index (κ2) is 24.2. The van der Waals surface area contributed by atoms with Crippen LogP contribution in [0.1, 0.15) is 0 Å². The summed E-state index contributed by atoms with van der Waals surface area (Å²) in [5.41, 5.74) is 0. The first-order valence-corrected chi connectivity index (χ1v) is 25.0. The fraction of sp³-hybridized carbons (Fsp3) is 1.00. The van der Waals surface area contributed by atoms with Crippen molar-refractivity contribution < 1.29 is 210 Å². The molecule has 0 amide bonds. The Balaban J connectivity index is 1.25. The third-order valence-electron chi connectivity index (χ3n) is 15.6. The quantitative estimate of drug-likeness (QED) is 0.0404. The van der Waals surface area contributed by atoms with Crippen molar-refractivity contribution in [1.82, 2.24) is 0 Å². The van der Waals surface area contributed by atoms with Gasteiger partial charge in [0.05, 0.1) is 46.2 Å². The normalized spacial score (nSPS) is 55.0. The van der Waals surface area contributed by atoms with Gasteiger partial charge in [0.15, 0.2) is 6.29 Å². The van der Waals surface area contributed by atoms with Crippen LogP contribution >= 0.6 is 0 Å². The van der Waals surface area contributed by atoms with Gasteiger partial charge in [0.1, 0.15) is 137 Å². The first-order chi connectivity index (χ1) is 38.8. The zero-order valence-electron chi connectivity index (χ0n) is 43.3. The van der Waals surface area contributed by atoms with Gasteiger partial charge in [-0.3, -0.25) is 0 Å². The first kappa shape index (κ1) is 69.8. The molecule has 7 aliphatic heterocycles. The first-order valence-electron chi connectivity index (χ1n) is 25.0. The third-order valence-corrected chi connectivity index (χ3v) is 15.6. The zero-order valence-corrected chi connectivity index (χ0v) is 43.3. The molecule has 0 bridgehead atoms. The summed E-state index contributed by atoms with van der Waals surface area (Å²) in [5, 5.41) is 312. The maximum absolute atomic E-state index is 11.7. The zero-order chi connectivity index (χ0) is 63.2. The summed E-state index contributed by atoms with van der Waals surface area (Å²) in [7, 11) is 0. The van der Waals surface area contributed by atoms with E-state index in [-0.39, 0.29) is 0 Å². The van der Waals surface area contributed by atoms with Crippen molar-refractivity contribution in [2.75, 3.05) is 85.9 Å². The number of aliphatic hydroxyl groups is 29. The number of hydrogen-bond donors (Lipinski definition) is 29. The van der Waals surface area contributed by atoms with Crippen LogP contribution in [0.5, 0.6) is 0 Å². The molecule has 0 aromatic heterocycles. The van der Waals surface area contributed by atoms with Crippen LogP contribution in [-0.4, -0.2) is 407 Å². The molecule has 0 aromatic carbocycles. The molecule has 29 N–H and O–H groups in total. The summed E-state index contributed by atoms with van der Waals surface area (Å²) in [6.45, 7) is -21.5. The topological polar surface area (TPSA) is 707 Å².